The molecule has 1 heterocycles. The number of rotatable bonds is 1. The molecule has 3 rings (SSSR count). The number of carbonyl (C=O) groups is 1. The van der Waals surface area contributed by atoms with Gasteiger partial charge < -0.3 is 10.1 Å². The van der Waals surface area contributed by atoms with E-state index < -0.39 is 0 Å². The van der Waals surface area contributed by atoms with Gasteiger partial charge >= 0.3 is 6.09 Å². The van der Waals surface area contributed by atoms with Crippen molar-refractivity contribution in [3.8, 4) is 0 Å². The maximum atomic E-state index is 11.6. The summed E-state index contributed by atoms with van der Waals surface area (Å²) in [5.74, 6) is 0.434. The quantitative estimate of drug-likeness (QED) is 0.806. The summed E-state index contributed by atoms with van der Waals surface area (Å²) in [5.41, 5.74) is 1.12. The van der Waals surface area contributed by atoms with Crippen LogP contribution in [-0.4, -0.2) is 12.1 Å². The fourth-order valence-corrected chi connectivity index (χ4v) is 3.05. The van der Waals surface area contributed by atoms with E-state index in [1.165, 1.54) is 12.8 Å². The lowest BCUT2D eigenvalue weighted by Gasteiger charge is -2.41. The van der Waals surface area contributed by atoms with Gasteiger partial charge in [0, 0.05) is 12.0 Å². The minimum atomic E-state index is -0.262. The van der Waals surface area contributed by atoms with Crippen molar-refractivity contribution in [3.05, 3.63) is 35.9 Å². The van der Waals surface area contributed by atoms with Crippen LogP contribution in [-0.2, 0) is 4.74 Å². The van der Waals surface area contributed by atoms with Crippen LogP contribution in [0.5, 0.6) is 0 Å². The summed E-state index contributed by atoms with van der Waals surface area (Å²) in [5, 5.41) is 2.96. The van der Waals surface area contributed by atoms with Crippen LogP contribution >= 0.6 is 0 Å². The third kappa shape index (κ3) is 2.02. The molecule has 1 aliphatic carbocycles. The van der Waals surface area contributed by atoms with Gasteiger partial charge in [0.1, 0.15) is 6.10 Å². The molecule has 1 aromatic rings. The molecule has 0 bridgehead atoms. The van der Waals surface area contributed by atoms with Crippen LogP contribution in [0.4, 0.5) is 4.79 Å². The van der Waals surface area contributed by atoms with Gasteiger partial charge in [-0.15, -0.1) is 0 Å². The van der Waals surface area contributed by atoms with Gasteiger partial charge in [0.2, 0.25) is 0 Å². The number of carbonyl (C=O) groups excluding carboxylic acids is 1. The highest BCUT2D eigenvalue weighted by atomic mass is 16.6. The number of hydrogen-bond donors (Lipinski definition) is 1. The Bertz CT molecular complexity index is 404. The van der Waals surface area contributed by atoms with Gasteiger partial charge in [0.25, 0.3) is 0 Å². The first-order chi connectivity index (χ1) is 8.34. The number of amides is 1. The van der Waals surface area contributed by atoms with Crippen molar-refractivity contribution in [3.63, 3.8) is 0 Å². The van der Waals surface area contributed by atoms with Gasteiger partial charge in [-0.1, -0.05) is 43.2 Å². The normalized spacial score (nSPS) is 32.2. The average Bonchev–Trinajstić information content (AvgIpc) is 2.39. The minimum Gasteiger partial charge on any atom is -0.441 e. The molecule has 1 aliphatic heterocycles. The van der Waals surface area contributed by atoms with E-state index in [-0.39, 0.29) is 12.2 Å². The molecular weight excluding hydrogens is 214 g/mol. The lowest BCUT2D eigenvalue weighted by molar-refractivity contribution is -0.000325. The van der Waals surface area contributed by atoms with Gasteiger partial charge in [-0.05, 0) is 18.4 Å². The zero-order valence-corrected chi connectivity index (χ0v) is 9.76. The second-order valence-corrected chi connectivity index (χ2v) is 4.94. The Kier molecular flexibility index (Phi) is 2.75. The van der Waals surface area contributed by atoms with E-state index in [0.29, 0.717) is 12.0 Å². The van der Waals surface area contributed by atoms with Crippen LogP contribution in [0, 0.1) is 5.92 Å². The highest BCUT2D eigenvalue weighted by Crippen LogP contribution is 2.39. The number of hydrogen-bond acceptors (Lipinski definition) is 2. The molecule has 2 aliphatic rings. The maximum Gasteiger partial charge on any atom is 0.407 e. The number of fused-ring (bicyclic) bond motifs is 1. The summed E-state index contributed by atoms with van der Waals surface area (Å²) in [6.07, 6.45) is 4.36. The Morgan fingerprint density at radius 1 is 1.12 bits per heavy atom. The van der Waals surface area contributed by atoms with Crippen LogP contribution < -0.4 is 5.32 Å². The number of cyclic esters (lactones) is 1. The van der Waals surface area contributed by atoms with Crippen molar-refractivity contribution in [1.29, 1.82) is 0 Å². The van der Waals surface area contributed by atoms with Crippen LogP contribution in [0.3, 0.4) is 0 Å². The molecule has 2 fully saturated rings. The van der Waals surface area contributed by atoms with Crippen LogP contribution in [0.2, 0.25) is 0 Å². The standard InChI is InChI=1S/C14H17NO2/c16-14-15-12-9-5-4-8-11(12)13(17-14)10-6-2-1-3-7-10/h1-3,6-7,11-13H,4-5,8-9H2,(H,15,16). The third-order valence-electron chi connectivity index (χ3n) is 3.87. The van der Waals surface area contributed by atoms with Gasteiger partial charge in [-0.2, -0.15) is 0 Å². The average molecular weight is 231 g/mol. The molecule has 0 spiro atoms. The predicted octanol–water partition coefficient (Wildman–Crippen LogP) is 3.03. The molecule has 3 heteroatoms. The molecule has 0 radical (unpaired) electrons. The molecule has 1 saturated heterocycles. The molecule has 3 unspecified atom stereocenters. The Morgan fingerprint density at radius 3 is 2.71 bits per heavy atom. The molecule has 3 atom stereocenters. The van der Waals surface area contributed by atoms with E-state index in [1.807, 2.05) is 18.2 Å². The Labute approximate surface area is 101 Å². The summed E-state index contributed by atoms with van der Waals surface area (Å²) in [6.45, 7) is 0. The summed E-state index contributed by atoms with van der Waals surface area (Å²) in [6, 6.07) is 10.4. The van der Waals surface area contributed by atoms with Crippen LogP contribution in [0.1, 0.15) is 37.4 Å². The number of benzene rings is 1. The van der Waals surface area contributed by atoms with Crippen molar-refractivity contribution < 1.29 is 9.53 Å². The molecule has 1 saturated carbocycles. The van der Waals surface area contributed by atoms with Crippen molar-refractivity contribution in [2.75, 3.05) is 0 Å². The van der Waals surface area contributed by atoms with Gasteiger partial charge in [-0.25, -0.2) is 4.79 Å². The summed E-state index contributed by atoms with van der Waals surface area (Å²) >= 11 is 0. The van der Waals surface area contributed by atoms with Crippen LogP contribution in [0.25, 0.3) is 0 Å². The van der Waals surface area contributed by atoms with Crippen molar-refractivity contribution in [2.45, 2.75) is 37.8 Å². The Balaban J connectivity index is 1.88. The van der Waals surface area contributed by atoms with Crippen LogP contribution in [0.15, 0.2) is 30.3 Å². The smallest absolute Gasteiger partial charge is 0.407 e. The number of nitrogens with one attached hydrogen (secondary N) is 1. The van der Waals surface area contributed by atoms with E-state index in [4.69, 9.17) is 4.74 Å². The van der Waals surface area contributed by atoms with E-state index in [9.17, 15) is 4.79 Å². The fourth-order valence-electron chi connectivity index (χ4n) is 3.05. The van der Waals surface area contributed by atoms with E-state index in [2.05, 4.69) is 17.4 Å². The highest BCUT2D eigenvalue weighted by Gasteiger charge is 2.40. The first kappa shape index (κ1) is 10.6. The molecule has 90 valence electrons. The lowest BCUT2D eigenvalue weighted by Crippen LogP contribution is -2.50. The summed E-state index contributed by atoms with van der Waals surface area (Å²) in [7, 11) is 0. The minimum absolute atomic E-state index is 0.0600. The number of alkyl carbamates (subject to hydrolysis) is 1. The van der Waals surface area contributed by atoms with Crippen molar-refractivity contribution in [2.24, 2.45) is 5.92 Å². The first-order valence-corrected chi connectivity index (χ1v) is 6.37. The van der Waals surface area contributed by atoms with Gasteiger partial charge in [0.15, 0.2) is 0 Å². The second kappa shape index (κ2) is 4.40. The largest absolute Gasteiger partial charge is 0.441 e. The van der Waals surface area contributed by atoms with E-state index in [0.717, 1.165) is 18.4 Å². The molecular formula is C14H17NO2. The lowest BCUT2D eigenvalue weighted by atomic mass is 9.78. The van der Waals surface area contributed by atoms with E-state index >= 15 is 0 Å². The van der Waals surface area contributed by atoms with Crippen molar-refractivity contribution >= 4 is 6.09 Å². The SMILES string of the molecule is O=C1NC2CCCCC2C(c2ccccc2)O1. The third-order valence-corrected chi connectivity index (χ3v) is 3.87. The Hall–Kier alpha value is -1.51. The topological polar surface area (TPSA) is 38.3 Å². The Morgan fingerprint density at radius 2 is 1.88 bits per heavy atom. The molecule has 3 nitrogen and oxygen atoms in total. The zero-order valence-electron chi connectivity index (χ0n) is 9.76. The molecule has 1 aromatic carbocycles. The molecule has 1 N–H and O–H groups in total. The number of ether oxygens (including phenoxy) is 1. The predicted molar refractivity (Wildman–Crippen MR) is 64.5 cm³/mol. The molecule has 0 aromatic heterocycles. The first-order valence-electron chi connectivity index (χ1n) is 6.37. The fraction of sp³-hybridized carbons (Fsp3) is 0.500. The highest BCUT2D eigenvalue weighted by molar-refractivity contribution is 5.69. The van der Waals surface area contributed by atoms with Crippen molar-refractivity contribution in [1.82, 2.24) is 5.32 Å². The second-order valence-electron chi connectivity index (χ2n) is 4.94. The molecule has 1 amide bonds. The maximum absolute atomic E-state index is 11.6. The van der Waals surface area contributed by atoms with E-state index in [1.54, 1.807) is 0 Å². The monoisotopic (exact) mass is 231 g/mol. The zero-order chi connectivity index (χ0) is 11.7. The molecule has 17 heavy (non-hydrogen) atoms. The van der Waals surface area contributed by atoms with Gasteiger partial charge in [0.05, 0.1) is 0 Å². The summed E-state index contributed by atoms with van der Waals surface area (Å²) in [4.78, 5) is 11.6. The van der Waals surface area contributed by atoms with Gasteiger partial charge in [-0.3, -0.25) is 0 Å². The summed E-state index contributed by atoms with van der Waals surface area (Å²) < 4.78 is 5.49.